The third kappa shape index (κ3) is 1.99. The zero-order valence-electron chi connectivity index (χ0n) is 8.57. The molecule has 1 amide bonds. The van der Waals surface area contributed by atoms with E-state index in [1.807, 2.05) is 0 Å². The van der Waals surface area contributed by atoms with Crippen LogP contribution in [0.1, 0.15) is 6.42 Å². The van der Waals surface area contributed by atoms with Gasteiger partial charge in [0.1, 0.15) is 12.0 Å². The third-order valence-electron chi connectivity index (χ3n) is 2.36. The molecule has 1 unspecified atom stereocenters. The van der Waals surface area contributed by atoms with E-state index >= 15 is 0 Å². The molecule has 7 heteroatoms. The Morgan fingerprint density at radius 2 is 2.38 bits per heavy atom. The van der Waals surface area contributed by atoms with Gasteiger partial charge in [-0.05, 0) is 0 Å². The second-order valence-corrected chi connectivity index (χ2v) is 5.07. The van der Waals surface area contributed by atoms with Crippen molar-refractivity contribution in [3.8, 4) is 0 Å². The molecule has 1 saturated heterocycles. The van der Waals surface area contributed by atoms with Gasteiger partial charge in [-0.2, -0.15) is 0 Å². The molecule has 5 nitrogen and oxygen atoms in total. The van der Waals surface area contributed by atoms with E-state index in [-0.39, 0.29) is 15.9 Å². The predicted octanol–water partition coefficient (Wildman–Crippen LogP) is 1.67. The van der Waals surface area contributed by atoms with Crippen LogP contribution in [0.3, 0.4) is 0 Å². The maximum Gasteiger partial charge on any atom is 0.228 e. The van der Waals surface area contributed by atoms with Gasteiger partial charge in [-0.3, -0.25) is 4.79 Å². The van der Waals surface area contributed by atoms with Crippen LogP contribution in [0.2, 0.25) is 5.15 Å². The number of hydrogen-bond donors (Lipinski definition) is 1. The summed E-state index contributed by atoms with van der Waals surface area (Å²) in [6.07, 6.45) is 1.83. The molecule has 1 N–H and O–H groups in total. The first-order chi connectivity index (χ1) is 7.63. The first-order valence-corrected chi connectivity index (χ1v) is 6.05. The average molecular weight is 306 g/mol. The molecule has 1 aliphatic heterocycles. The van der Waals surface area contributed by atoms with E-state index in [0.717, 1.165) is 0 Å². The van der Waals surface area contributed by atoms with E-state index in [1.54, 1.807) is 11.9 Å². The van der Waals surface area contributed by atoms with Crippen LogP contribution in [0, 0.1) is 0 Å². The summed E-state index contributed by atoms with van der Waals surface area (Å²) >= 11 is 9.42. The van der Waals surface area contributed by atoms with Crippen molar-refractivity contribution in [2.24, 2.45) is 0 Å². The van der Waals surface area contributed by atoms with Crippen LogP contribution in [-0.4, -0.2) is 34.3 Å². The zero-order valence-corrected chi connectivity index (χ0v) is 10.9. The second-order valence-electron chi connectivity index (χ2n) is 3.42. The summed E-state index contributed by atoms with van der Waals surface area (Å²) < 4.78 is 0. The minimum Gasteiger partial charge on any atom is -0.371 e. The maximum atomic E-state index is 11.8. The average Bonchev–Trinajstić information content (AvgIpc) is 2.57. The van der Waals surface area contributed by atoms with Crippen molar-refractivity contribution in [1.82, 2.24) is 9.97 Å². The fraction of sp³-hybridized carbons (Fsp3) is 0.444. The minimum absolute atomic E-state index is 0.0232. The lowest BCUT2D eigenvalue weighted by Crippen LogP contribution is -2.26. The van der Waals surface area contributed by atoms with Gasteiger partial charge in [0.05, 0.1) is 0 Å². The van der Waals surface area contributed by atoms with E-state index in [2.05, 4.69) is 31.2 Å². The third-order valence-corrected chi connectivity index (χ3v) is 3.25. The van der Waals surface area contributed by atoms with Gasteiger partial charge in [-0.15, -0.1) is 0 Å². The van der Waals surface area contributed by atoms with Crippen LogP contribution in [0.4, 0.5) is 11.5 Å². The molecule has 1 fully saturated rings. The van der Waals surface area contributed by atoms with Crippen LogP contribution in [0.25, 0.3) is 0 Å². The Bertz CT molecular complexity index is 428. The van der Waals surface area contributed by atoms with Crippen LogP contribution in [0.15, 0.2) is 6.33 Å². The molecule has 2 rings (SSSR count). The molecule has 1 aromatic rings. The molecule has 1 aromatic heterocycles. The van der Waals surface area contributed by atoms with Crippen molar-refractivity contribution >= 4 is 44.9 Å². The summed E-state index contributed by atoms with van der Waals surface area (Å²) in [4.78, 5) is 21.5. The lowest BCUT2D eigenvalue weighted by Gasteiger charge is -2.19. The molecule has 0 saturated carbocycles. The van der Waals surface area contributed by atoms with Crippen molar-refractivity contribution in [3.05, 3.63) is 11.5 Å². The normalized spacial score (nSPS) is 20.3. The zero-order chi connectivity index (χ0) is 11.7. The lowest BCUT2D eigenvalue weighted by atomic mass is 10.4. The number of anilines is 2. The number of hydrogen-bond acceptors (Lipinski definition) is 4. The Morgan fingerprint density at radius 1 is 1.62 bits per heavy atom. The van der Waals surface area contributed by atoms with Crippen LogP contribution in [-0.2, 0) is 4.79 Å². The number of amides is 1. The molecule has 0 bridgehead atoms. The van der Waals surface area contributed by atoms with E-state index in [9.17, 15) is 4.79 Å². The van der Waals surface area contributed by atoms with Crippen LogP contribution in [0.5, 0.6) is 0 Å². The molecule has 0 radical (unpaired) electrons. The van der Waals surface area contributed by atoms with E-state index < -0.39 is 0 Å². The van der Waals surface area contributed by atoms with Gasteiger partial charge in [0.15, 0.2) is 11.0 Å². The summed E-state index contributed by atoms with van der Waals surface area (Å²) in [6.45, 7) is 0.584. The van der Waals surface area contributed by atoms with E-state index in [0.29, 0.717) is 24.5 Å². The fourth-order valence-electron chi connectivity index (χ4n) is 1.66. The standard InChI is InChI=1S/C9H10BrClN4O/c1-12-9-7(8(11)13-4-14-9)15-3-5(10)2-6(15)16/h4-5H,2-3H2,1H3,(H,12,13,14). The Labute approximate surface area is 106 Å². The summed E-state index contributed by atoms with van der Waals surface area (Å²) in [5, 5.41) is 3.19. The molecule has 86 valence electrons. The second kappa shape index (κ2) is 4.55. The summed E-state index contributed by atoms with van der Waals surface area (Å²) in [6, 6.07) is 0. The number of halogens is 2. The van der Waals surface area contributed by atoms with Gasteiger partial charge in [0, 0.05) is 24.8 Å². The largest absolute Gasteiger partial charge is 0.371 e. The highest BCUT2D eigenvalue weighted by molar-refractivity contribution is 9.09. The van der Waals surface area contributed by atoms with E-state index in [1.165, 1.54) is 6.33 Å². The topological polar surface area (TPSA) is 58.1 Å². The van der Waals surface area contributed by atoms with Crippen molar-refractivity contribution in [2.45, 2.75) is 11.2 Å². The minimum atomic E-state index is 0.0232. The number of alkyl halides is 1. The van der Waals surface area contributed by atoms with E-state index in [4.69, 9.17) is 11.6 Å². The summed E-state index contributed by atoms with van der Waals surface area (Å²) in [5.74, 6) is 0.588. The van der Waals surface area contributed by atoms with Gasteiger partial charge in [-0.1, -0.05) is 27.5 Å². The lowest BCUT2D eigenvalue weighted by molar-refractivity contribution is -0.117. The van der Waals surface area contributed by atoms with Gasteiger partial charge < -0.3 is 10.2 Å². The van der Waals surface area contributed by atoms with Crippen LogP contribution >= 0.6 is 27.5 Å². The summed E-state index contributed by atoms with van der Waals surface area (Å²) in [7, 11) is 1.73. The van der Waals surface area contributed by atoms with Gasteiger partial charge in [0.2, 0.25) is 5.91 Å². The van der Waals surface area contributed by atoms with Gasteiger partial charge in [0.25, 0.3) is 0 Å². The highest BCUT2D eigenvalue weighted by Crippen LogP contribution is 2.34. The molecular formula is C9H10BrClN4O. The highest BCUT2D eigenvalue weighted by atomic mass is 79.9. The first-order valence-electron chi connectivity index (χ1n) is 4.76. The number of rotatable bonds is 2. The van der Waals surface area contributed by atoms with Gasteiger partial charge >= 0.3 is 0 Å². The number of carbonyl (C=O) groups is 1. The number of nitrogens with zero attached hydrogens (tertiary/aromatic N) is 3. The van der Waals surface area contributed by atoms with Crippen molar-refractivity contribution < 1.29 is 4.79 Å². The van der Waals surface area contributed by atoms with Crippen molar-refractivity contribution in [3.63, 3.8) is 0 Å². The molecular weight excluding hydrogens is 295 g/mol. The smallest absolute Gasteiger partial charge is 0.228 e. The molecule has 16 heavy (non-hydrogen) atoms. The quantitative estimate of drug-likeness (QED) is 0.667. The Hall–Kier alpha value is -0.880. The van der Waals surface area contributed by atoms with Gasteiger partial charge in [-0.25, -0.2) is 9.97 Å². The SMILES string of the molecule is CNc1ncnc(Cl)c1N1CC(Br)CC1=O. The fourth-order valence-corrected chi connectivity index (χ4v) is 2.46. The molecule has 2 heterocycles. The van der Waals surface area contributed by atoms with Crippen LogP contribution < -0.4 is 10.2 Å². The molecule has 0 spiro atoms. The summed E-state index contributed by atoms with van der Waals surface area (Å²) in [5.41, 5.74) is 0.554. The number of carbonyl (C=O) groups excluding carboxylic acids is 1. The Morgan fingerprint density at radius 3 is 2.94 bits per heavy atom. The monoisotopic (exact) mass is 304 g/mol. The molecule has 1 aliphatic rings. The Balaban J connectivity index is 2.43. The van der Waals surface area contributed by atoms with Crippen molar-refractivity contribution in [1.29, 1.82) is 0 Å². The molecule has 0 aliphatic carbocycles. The maximum absolute atomic E-state index is 11.8. The first kappa shape index (κ1) is 11.6. The number of aromatic nitrogens is 2. The number of nitrogens with one attached hydrogen (secondary N) is 1. The molecule has 1 atom stereocenters. The Kier molecular flexibility index (Phi) is 3.30. The predicted molar refractivity (Wildman–Crippen MR) is 66.3 cm³/mol. The van der Waals surface area contributed by atoms with Crippen molar-refractivity contribution in [2.75, 3.05) is 23.8 Å². The highest BCUT2D eigenvalue weighted by Gasteiger charge is 2.32. The molecule has 0 aromatic carbocycles.